The molecule has 90 valence electrons. The van der Waals surface area contributed by atoms with Gasteiger partial charge in [-0.15, -0.1) is 0 Å². The summed E-state index contributed by atoms with van der Waals surface area (Å²) in [5.41, 5.74) is 0.436. The fourth-order valence-corrected chi connectivity index (χ4v) is 2.36. The standard InChI is InChI=1S/C11H8N4O2S/c12-6-10(5-9-7-13-8-15-9)18(16,17)11-3-1-2-4-14-11/h1-5,7-8H,(H,13,15)/b10-5-. The lowest BCUT2D eigenvalue weighted by atomic mass is 10.4. The summed E-state index contributed by atoms with van der Waals surface area (Å²) in [6.07, 6.45) is 5.40. The zero-order valence-corrected chi connectivity index (χ0v) is 9.92. The van der Waals surface area contributed by atoms with Crippen molar-refractivity contribution >= 4 is 15.9 Å². The summed E-state index contributed by atoms with van der Waals surface area (Å²) in [5, 5.41) is 8.81. The van der Waals surface area contributed by atoms with E-state index >= 15 is 0 Å². The van der Waals surface area contributed by atoms with Gasteiger partial charge in [-0.3, -0.25) is 0 Å². The molecule has 0 saturated heterocycles. The first-order chi connectivity index (χ1) is 8.64. The van der Waals surface area contributed by atoms with Crippen LogP contribution >= 0.6 is 0 Å². The van der Waals surface area contributed by atoms with Gasteiger partial charge in [0.15, 0.2) is 9.93 Å². The minimum atomic E-state index is -3.89. The Morgan fingerprint density at radius 2 is 2.28 bits per heavy atom. The van der Waals surface area contributed by atoms with E-state index in [1.807, 2.05) is 0 Å². The van der Waals surface area contributed by atoms with Crippen LogP contribution < -0.4 is 0 Å². The quantitative estimate of drug-likeness (QED) is 0.834. The first kappa shape index (κ1) is 12.0. The van der Waals surface area contributed by atoms with Gasteiger partial charge in [0, 0.05) is 6.20 Å². The molecule has 6 nitrogen and oxygen atoms in total. The Morgan fingerprint density at radius 3 is 2.83 bits per heavy atom. The molecular formula is C11H8N4O2S. The van der Waals surface area contributed by atoms with Crippen molar-refractivity contribution in [3.05, 3.63) is 47.5 Å². The van der Waals surface area contributed by atoms with E-state index < -0.39 is 9.84 Å². The number of nitrogens with one attached hydrogen (secondary N) is 1. The summed E-state index contributed by atoms with van der Waals surface area (Å²) in [6, 6.07) is 6.15. The highest BCUT2D eigenvalue weighted by atomic mass is 32.2. The Kier molecular flexibility index (Phi) is 3.21. The van der Waals surface area contributed by atoms with Crippen LogP contribution in [-0.4, -0.2) is 23.4 Å². The van der Waals surface area contributed by atoms with Gasteiger partial charge in [0.05, 0.1) is 18.2 Å². The van der Waals surface area contributed by atoms with E-state index in [1.165, 1.54) is 30.9 Å². The number of H-pyrrole nitrogens is 1. The molecule has 0 saturated carbocycles. The number of hydrogen-bond acceptors (Lipinski definition) is 5. The molecule has 0 aliphatic carbocycles. The Labute approximate surface area is 104 Å². The number of allylic oxidation sites excluding steroid dienone is 1. The monoisotopic (exact) mass is 260 g/mol. The van der Waals surface area contributed by atoms with Crippen LogP contribution in [0.4, 0.5) is 0 Å². The molecule has 0 aliphatic heterocycles. The molecule has 1 N–H and O–H groups in total. The van der Waals surface area contributed by atoms with E-state index in [0.717, 1.165) is 0 Å². The van der Waals surface area contributed by atoms with Crippen LogP contribution in [0.15, 0.2) is 46.9 Å². The van der Waals surface area contributed by atoms with Crippen LogP contribution in [-0.2, 0) is 9.84 Å². The predicted molar refractivity (Wildman–Crippen MR) is 63.6 cm³/mol. The number of nitriles is 1. The lowest BCUT2D eigenvalue weighted by Gasteiger charge is -2.00. The second-order valence-corrected chi connectivity index (χ2v) is 5.16. The summed E-state index contributed by atoms with van der Waals surface area (Å²) in [7, 11) is -3.89. The van der Waals surface area contributed by atoms with E-state index in [1.54, 1.807) is 18.2 Å². The van der Waals surface area contributed by atoms with Crippen LogP contribution in [0.25, 0.3) is 6.08 Å². The van der Waals surface area contributed by atoms with Crippen LogP contribution in [0.5, 0.6) is 0 Å². The Bertz CT molecular complexity index is 697. The average Bonchev–Trinajstić information content (AvgIpc) is 2.89. The first-order valence-corrected chi connectivity index (χ1v) is 6.39. The van der Waals surface area contributed by atoms with Crippen molar-refractivity contribution in [2.45, 2.75) is 5.03 Å². The minimum absolute atomic E-state index is 0.155. The maximum absolute atomic E-state index is 12.1. The minimum Gasteiger partial charge on any atom is -0.345 e. The molecule has 0 unspecified atom stereocenters. The fourth-order valence-electron chi connectivity index (χ4n) is 1.28. The molecule has 0 aliphatic rings. The molecule has 0 fully saturated rings. The van der Waals surface area contributed by atoms with Gasteiger partial charge in [-0.2, -0.15) is 5.26 Å². The smallest absolute Gasteiger partial charge is 0.233 e. The van der Waals surface area contributed by atoms with Crippen LogP contribution in [0.2, 0.25) is 0 Å². The topological polar surface area (TPSA) is 99.5 Å². The number of pyridine rings is 1. The van der Waals surface area contributed by atoms with Crippen molar-refractivity contribution in [1.82, 2.24) is 15.0 Å². The molecule has 0 bridgehead atoms. The molecule has 18 heavy (non-hydrogen) atoms. The summed E-state index contributed by atoms with van der Waals surface area (Å²) < 4.78 is 24.2. The molecule has 0 atom stereocenters. The first-order valence-electron chi connectivity index (χ1n) is 4.91. The van der Waals surface area contributed by atoms with Crippen LogP contribution in [0.3, 0.4) is 0 Å². The van der Waals surface area contributed by atoms with Crippen molar-refractivity contribution < 1.29 is 8.42 Å². The lowest BCUT2D eigenvalue weighted by Crippen LogP contribution is -2.05. The molecule has 2 rings (SSSR count). The van der Waals surface area contributed by atoms with Gasteiger partial charge in [0.1, 0.15) is 6.07 Å². The predicted octanol–water partition coefficient (Wildman–Crippen LogP) is 1.14. The summed E-state index contributed by atoms with van der Waals surface area (Å²) in [5.74, 6) is 0. The third kappa shape index (κ3) is 2.28. The van der Waals surface area contributed by atoms with Crippen LogP contribution in [0.1, 0.15) is 5.69 Å². The summed E-state index contributed by atoms with van der Waals surface area (Å²) >= 11 is 0. The normalized spacial score (nSPS) is 12.1. The fraction of sp³-hybridized carbons (Fsp3) is 0. The Balaban J connectivity index is 2.50. The van der Waals surface area contributed by atoms with Crippen molar-refractivity contribution in [2.24, 2.45) is 0 Å². The van der Waals surface area contributed by atoms with E-state index in [2.05, 4.69) is 15.0 Å². The van der Waals surface area contributed by atoms with E-state index in [0.29, 0.717) is 5.69 Å². The molecule has 2 heterocycles. The number of imidazole rings is 1. The number of rotatable bonds is 3. The number of aromatic amines is 1. The largest absolute Gasteiger partial charge is 0.345 e. The summed E-state index contributed by atoms with van der Waals surface area (Å²) in [4.78, 5) is 9.81. The number of nitrogens with zero attached hydrogens (tertiary/aromatic N) is 3. The van der Waals surface area contributed by atoms with Crippen molar-refractivity contribution in [1.29, 1.82) is 5.26 Å². The average molecular weight is 260 g/mol. The second-order valence-electron chi connectivity index (χ2n) is 3.30. The van der Waals surface area contributed by atoms with Gasteiger partial charge in [0.2, 0.25) is 9.84 Å². The van der Waals surface area contributed by atoms with Gasteiger partial charge in [-0.1, -0.05) is 6.07 Å². The molecule has 7 heteroatoms. The molecule has 0 spiro atoms. The maximum atomic E-state index is 12.1. The van der Waals surface area contributed by atoms with Gasteiger partial charge in [0.25, 0.3) is 0 Å². The van der Waals surface area contributed by atoms with Crippen LogP contribution in [0, 0.1) is 11.3 Å². The molecule has 0 aromatic carbocycles. The molecule has 0 radical (unpaired) electrons. The van der Waals surface area contributed by atoms with Gasteiger partial charge in [-0.05, 0) is 18.2 Å². The SMILES string of the molecule is N#C/C(=C/c1cnc[nH]1)S(=O)(=O)c1ccccn1. The van der Waals surface area contributed by atoms with Gasteiger partial charge in [-0.25, -0.2) is 18.4 Å². The highest BCUT2D eigenvalue weighted by molar-refractivity contribution is 7.95. The van der Waals surface area contributed by atoms with Gasteiger partial charge < -0.3 is 4.98 Å². The molecule has 2 aromatic rings. The van der Waals surface area contributed by atoms with Crippen molar-refractivity contribution in [2.75, 3.05) is 0 Å². The number of aromatic nitrogens is 3. The van der Waals surface area contributed by atoms with E-state index in [-0.39, 0.29) is 9.93 Å². The summed E-state index contributed by atoms with van der Waals surface area (Å²) in [6.45, 7) is 0. The highest BCUT2D eigenvalue weighted by Gasteiger charge is 2.21. The zero-order chi connectivity index (χ0) is 13.0. The molecule has 2 aromatic heterocycles. The third-order valence-corrected chi connectivity index (χ3v) is 3.70. The lowest BCUT2D eigenvalue weighted by molar-refractivity contribution is 0.600. The number of sulfone groups is 1. The molecular weight excluding hydrogens is 252 g/mol. The maximum Gasteiger partial charge on any atom is 0.233 e. The Hall–Kier alpha value is -2.46. The third-order valence-electron chi connectivity index (χ3n) is 2.12. The van der Waals surface area contributed by atoms with Crippen molar-refractivity contribution in [3.63, 3.8) is 0 Å². The Morgan fingerprint density at radius 1 is 1.44 bits per heavy atom. The second kappa shape index (κ2) is 4.81. The van der Waals surface area contributed by atoms with E-state index in [4.69, 9.17) is 5.26 Å². The number of hydrogen-bond donors (Lipinski definition) is 1. The van der Waals surface area contributed by atoms with E-state index in [9.17, 15) is 8.42 Å². The zero-order valence-electron chi connectivity index (χ0n) is 9.11. The van der Waals surface area contributed by atoms with Crippen molar-refractivity contribution in [3.8, 4) is 6.07 Å². The van der Waals surface area contributed by atoms with Gasteiger partial charge >= 0.3 is 0 Å². The highest BCUT2D eigenvalue weighted by Crippen LogP contribution is 2.18. The molecule has 0 amide bonds.